The molecule has 0 radical (unpaired) electrons. The van der Waals surface area contributed by atoms with E-state index in [2.05, 4.69) is 4.98 Å². The van der Waals surface area contributed by atoms with E-state index in [1.165, 1.54) is 6.20 Å². The molecular formula is C8H6F2N2. The minimum atomic E-state index is -2.50. The minimum Gasteiger partial charge on any atom is -0.307 e. The summed E-state index contributed by atoms with van der Waals surface area (Å²) in [6.45, 7) is 0. The third-order valence-corrected chi connectivity index (χ3v) is 1.61. The van der Waals surface area contributed by atoms with Crippen molar-refractivity contribution in [2.75, 3.05) is 0 Å². The van der Waals surface area contributed by atoms with Gasteiger partial charge in [-0.2, -0.15) is 0 Å². The molecule has 0 bridgehead atoms. The molecule has 0 N–H and O–H groups in total. The maximum absolute atomic E-state index is 12.1. The van der Waals surface area contributed by atoms with Crippen LogP contribution < -0.4 is 0 Å². The number of halogens is 2. The molecule has 12 heavy (non-hydrogen) atoms. The molecule has 0 aliphatic heterocycles. The van der Waals surface area contributed by atoms with E-state index in [4.69, 9.17) is 0 Å². The van der Waals surface area contributed by atoms with E-state index in [0.717, 1.165) is 0 Å². The minimum absolute atomic E-state index is 0.179. The van der Waals surface area contributed by atoms with E-state index in [0.29, 0.717) is 5.65 Å². The molecule has 0 aromatic carbocycles. The average Bonchev–Trinajstić information content (AvgIpc) is 2.46. The number of alkyl halides is 2. The first-order valence-electron chi connectivity index (χ1n) is 3.49. The number of hydrogen-bond acceptors (Lipinski definition) is 1. The highest BCUT2D eigenvalue weighted by molar-refractivity contribution is 5.39. The molecule has 0 spiro atoms. The first kappa shape index (κ1) is 7.21. The Labute approximate surface area is 67.5 Å². The second-order valence-corrected chi connectivity index (χ2v) is 2.43. The summed E-state index contributed by atoms with van der Waals surface area (Å²) in [5.74, 6) is 0. The van der Waals surface area contributed by atoms with Crippen molar-refractivity contribution in [3.05, 3.63) is 36.3 Å². The van der Waals surface area contributed by atoms with Crippen LogP contribution in [0.5, 0.6) is 0 Å². The molecule has 0 saturated heterocycles. The maximum Gasteiger partial charge on any atom is 0.281 e. The highest BCUT2D eigenvalue weighted by Crippen LogP contribution is 2.17. The van der Waals surface area contributed by atoms with Gasteiger partial charge in [-0.25, -0.2) is 13.8 Å². The van der Waals surface area contributed by atoms with Crippen molar-refractivity contribution in [3.63, 3.8) is 0 Å². The topological polar surface area (TPSA) is 17.3 Å². The Kier molecular flexibility index (Phi) is 1.53. The van der Waals surface area contributed by atoms with Gasteiger partial charge in [0.05, 0.1) is 0 Å². The molecule has 0 unspecified atom stereocenters. The van der Waals surface area contributed by atoms with Gasteiger partial charge in [-0.15, -0.1) is 0 Å². The molecule has 2 aromatic rings. The van der Waals surface area contributed by atoms with Crippen LogP contribution in [-0.2, 0) is 0 Å². The molecule has 0 fully saturated rings. The number of fused-ring (bicyclic) bond motifs is 1. The maximum atomic E-state index is 12.1. The van der Waals surface area contributed by atoms with Crippen LogP contribution in [0.15, 0.2) is 30.6 Å². The van der Waals surface area contributed by atoms with Gasteiger partial charge in [-0.3, -0.25) is 0 Å². The molecule has 0 amide bonds. The van der Waals surface area contributed by atoms with Crippen LogP contribution in [0.25, 0.3) is 5.65 Å². The van der Waals surface area contributed by atoms with Crippen LogP contribution in [0.1, 0.15) is 12.1 Å². The van der Waals surface area contributed by atoms with E-state index in [1.54, 1.807) is 28.8 Å². The van der Waals surface area contributed by atoms with Gasteiger partial charge in [0.25, 0.3) is 6.43 Å². The zero-order valence-electron chi connectivity index (χ0n) is 6.11. The molecule has 0 aliphatic carbocycles. The fourth-order valence-electron chi connectivity index (χ4n) is 1.06. The van der Waals surface area contributed by atoms with Crippen LogP contribution >= 0.6 is 0 Å². The Morgan fingerprint density at radius 2 is 2.17 bits per heavy atom. The lowest BCUT2D eigenvalue weighted by atomic mass is 10.5. The Hall–Kier alpha value is -1.45. The van der Waals surface area contributed by atoms with Crippen molar-refractivity contribution < 1.29 is 8.78 Å². The molecular weight excluding hydrogens is 162 g/mol. The lowest BCUT2D eigenvalue weighted by Gasteiger charge is -1.87. The van der Waals surface area contributed by atoms with E-state index in [9.17, 15) is 8.78 Å². The summed E-state index contributed by atoms with van der Waals surface area (Å²) in [5, 5.41) is 0. The summed E-state index contributed by atoms with van der Waals surface area (Å²) < 4.78 is 25.8. The molecule has 0 saturated carbocycles. The summed E-state index contributed by atoms with van der Waals surface area (Å²) in [6.07, 6.45) is 0.527. The highest BCUT2D eigenvalue weighted by Gasteiger charge is 2.10. The van der Waals surface area contributed by atoms with Crippen molar-refractivity contribution in [1.82, 2.24) is 9.38 Å². The van der Waals surface area contributed by atoms with Gasteiger partial charge in [-0.1, -0.05) is 6.07 Å². The number of hydrogen-bond donors (Lipinski definition) is 0. The van der Waals surface area contributed by atoms with Gasteiger partial charge in [0, 0.05) is 12.4 Å². The molecule has 62 valence electrons. The quantitative estimate of drug-likeness (QED) is 0.638. The number of pyridine rings is 1. The van der Waals surface area contributed by atoms with Gasteiger partial charge in [-0.05, 0) is 12.1 Å². The summed E-state index contributed by atoms with van der Waals surface area (Å²) in [6, 6.07) is 5.22. The average molecular weight is 168 g/mol. The summed E-state index contributed by atoms with van der Waals surface area (Å²) in [5.41, 5.74) is 0.369. The van der Waals surface area contributed by atoms with Crippen molar-refractivity contribution in [2.45, 2.75) is 6.43 Å². The van der Waals surface area contributed by atoms with Crippen LogP contribution in [0.4, 0.5) is 8.78 Å². The van der Waals surface area contributed by atoms with Crippen molar-refractivity contribution in [1.29, 1.82) is 0 Å². The monoisotopic (exact) mass is 168 g/mol. The Morgan fingerprint density at radius 1 is 1.33 bits per heavy atom. The van der Waals surface area contributed by atoms with Crippen molar-refractivity contribution in [2.24, 2.45) is 0 Å². The predicted octanol–water partition coefficient (Wildman–Crippen LogP) is 2.27. The molecule has 2 aromatic heterocycles. The van der Waals surface area contributed by atoms with E-state index < -0.39 is 6.43 Å². The predicted molar refractivity (Wildman–Crippen MR) is 40.1 cm³/mol. The summed E-state index contributed by atoms with van der Waals surface area (Å²) in [7, 11) is 0. The van der Waals surface area contributed by atoms with Gasteiger partial charge in [0.1, 0.15) is 11.3 Å². The van der Waals surface area contributed by atoms with E-state index in [1.807, 2.05) is 0 Å². The largest absolute Gasteiger partial charge is 0.307 e. The SMILES string of the molecule is FC(F)c1cn2ccccc2n1. The fourth-order valence-corrected chi connectivity index (χ4v) is 1.06. The molecule has 2 nitrogen and oxygen atoms in total. The molecule has 2 rings (SSSR count). The third-order valence-electron chi connectivity index (χ3n) is 1.61. The number of rotatable bonds is 1. The summed E-state index contributed by atoms with van der Waals surface area (Å²) >= 11 is 0. The molecule has 2 heterocycles. The van der Waals surface area contributed by atoms with Crippen molar-refractivity contribution >= 4 is 5.65 Å². The first-order valence-corrected chi connectivity index (χ1v) is 3.49. The first-order chi connectivity index (χ1) is 5.77. The Morgan fingerprint density at radius 3 is 2.83 bits per heavy atom. The van der Waals surface area contributed by atoms with Crippen molar-refractivity contribution in [3.8, 4) is 0 Å². The fraction of sp³-hybridized carbons (Fsp3) is 0.125. The number of nitrogens with zero attached hydrogens (tertiary/aromatic N) is 2. The normalized spacial score (nSPS) is 11.2. The number of imidazole rings is 1. The zero-order chi connectivity index (χ0) is 8.55. The van der Waals surface area contributed by atoms with E-state index >= 15 is 0 Å². The molecule has 4 heteroatoms. The highest BCUT2D eigenvalue weighted by atomic mass is 19.3. The lowest BCUT2D eigenvalue weighted by Crippen LogP contribution is -1.80. The molecule has 0 atom stereocenters. The van der Waals surface area contributed by atoms with E-state index in [-0.39, 0.29) is 5.69 Å². The van der Waals surface area contributed by atoms with Crippen LogP contribution in [-0.4, -0.2) is 9.38 Å². The summed E-state index contributed by atoms with van der Waals surface area (Å²) in [4.78, 5) is 3.73. The van der Waals surface area contributed by atoms with Crippen LogP contribution in [0.2, 0.25) is 0 Å². The Balaban J connectivity index is 2.62. The second kappa shape index (κ2) is 2.55. The van der Waals surface area contributed by atoms with Gasteiger partial charge in [0.15, 0.2) is 0 Å². The van der Waals surface area contributed by atoms with Gasteiger partial charge >= 0.3 is 0 Å². The number of aromatic nitrogens is 2. The molecule has 0 aliphatic rings. The van der Waals surface area contributed by atoms with Crippen LogP contribution in [0.3, 0.4) is 0 Å². The smallest absolute Gasteiger partial charge is 0.281 e. The zero-order valence-corrected chi connectivity index (χ0v) is 6.11. The lowest BCUT2D eigenvalue weighted by molar-refractivity contribution is 0.147. The Bertz CT molecular complexity index is 362. The second-order valence-electron chi connectivity index (χ2n) is 2.43. The van der Waals surface area contributed by atoms with Gasteiger partial charge in [0.2, 0.25) is 0 Å². The van der Waals surface area contributed by atoms with Gasteiger partial charge < -0.3 is 4.40 Å². The third kappa shape index (κ3) is 1.05. The standard InChI is InChI=1S/C8H6F2N2/c9-8(10)6-5-12-4-2-1-3-7(12)11-6/h1-5,8H. The van der Waals surface area contributed by atoms with Crippen LogP contribution in [0, 0.1) is 0 Å².